The first kappa shape index (κ1) is 33.6. The maximum absolute atomic E-state index is 13.5. The topological polar surface area (TPSA) is 159 Å². The number of aromatic amines is 1. The van der Waals surface area contributed by atoms with Gasteiger partial charge < -0.3 is 15.8 Å². The summed E-state index contributed by atoms with van der Waals surface area (Å²) < 4.78 is 73.4. The summed E-state index contributed by atoms with van der Waals surface area (Å²) in [6.07, 6.45) is 0.876. The highest BCUT2D eigenvalue weighted by Gasteiger charge is 2.40. The standard InChI is InChI=1S/C30H38F3N7O4S/c1-17-7-8-19(28(41)37-22-12-20(29(2,3)4)13-23(26(22)44-5)38-45(6,42)43)11-24(17)40(35)15-21(34)25-14-36-27(18-9-10-18)39(25)16-30(31,32)33/h7-8,11-15,18,38H,9-10,16,34-35H2,1-6H3,(H,37,41)/p+1/b21-15-. The van der Waals surface area contributed by atoms with Gasteiger partial charge in [-0.3, -0.25) is 14.5 Å². The Hall–Kier alpha value is -4.24. The maximum Gasteiger partial charge on any atom is 0.426 e. The van der Waals surface area contributed by atoms with E-state index in [-0.39, 0.29) is 40.0 Å². The van der Waals surface area contributed by atoms with Crippen LogP contribution in [0.25, 0.3) is 5.70 Å². The number of hydrogen-bond donors (Lipinski definition) is 5. The summed E-state index contributed by atoms with van der Waals surface area (Å²) in [6, 6.07) is 8.12. The highest BCUT2D eigenvalue weighted by atomic mass is 32.2. The number of aryl methyl sites for hydroxylation is 1. The van der Waals surface area contributed by atoms with Crippen LogP contribution < -0.4 is 35.9 Å². The number of hydrogen-bond acceptors (Lipinski definition) is 7. The first-order valence-electron chi connectivity index (χ1n) is 14.1. The number of amides is 1. The quantitative estimate of drug-likeness (QED) is 0.122. The number of rotatable bonds is 10. The van der Waals surface area contributed by atoms with E-state index < -0.39 is 34.1 Å². The molecule has 1 aliphatic rings. The summed E-state index contributed by atoms with van der Waals surface area (Å²) in [5, 5.41) is 3.96. The fourth-order valence-electron chi connectivity index (χ4n) is 4.87. The van der Waals surface area contributed by atoms with Crippen LogP contribution >= 0.6 is 0 Å². The van der Waals surface area contributed by atoms with Gasteiger partial charge in [0.05, 0.1) is 36.3 Å². The smallest absolute Gasteiger partial charge is 0.426 e. The third-order valence-corrected chi connectivity index (χ3v) is 7.86. The summed E-state index contributed by atoms with van der Waals surface area (Å²) in [5.41, 5.74) is 8.38. The first-order valence-corrected chi connectivity index (χ1v) is 16.0. The lowest BCUT2D eigenvalue weighted by Gasteiger charge is -2.24. The normalized spacial score (nSPS) is 14.3. The Balaban J connectivity index is 1.66. The average molecular weight is 651 g/mol. The van der Waals surface area contributed by atoms with Gasteiger partial charge in [-0.2, -0.15) is 13.2 Å². The van der Waals surface area contributed by atoms with Gasteiger partial charge in [0.25, 0.3) is 11.7 Å². The Morgan fingerprint density at radius 3 is 2.38 bits per heavy atom. The lowest BCUT2D eigenvalue weighted by atomic mass is 9.86. The first-order chi connectivity index (χ1) is 20.8. The molecule has 11 nitrogen and oxygen atoms in total. The molecule has 0 saturated heterocycles. The zero-order valence-electron chi connectivity index (χ0n) is 26.0. The number of halogens is 3. The van der Waals surface area contributed by atoms with Crippen LogP contribution in [0.4, 0.5) is 30.2 Å². The van der Waals surface area contributed by atoms with E-state index in [0.29, 0.717) is 17.1 Å². The highest BCUT2D eigenvalue weighted by Crippen LogP contribution is 2.40. The van der Waals surface area contributed by atoms with Crippen molar-refractivity contribution in [3.63, 3.8) is 0 Å². The minimum Gasteiger partial charge on any atom is -0.492 e. The van der Waals surface area contributed by atoms with E-state index in [9.17, 15) is 26.4 Å². The number of nitrogens with zero attached hydrogens (tertiary/aromatic N) is 2. The van der Waals surface area contributed by atoms with E-state index in [1.807, 2.05) is 20.8 Å². The summed E-state index contributed by atoms with van der Waals surface area (Å²) in [5.74, 6) is 6.37. The molecule has 0 aliphatic heterocycles. The van der Waals surface area contributed by atoms with E-state index >= 15 is 0 Å². The van der Waals surface area contributed by atoms with Crippen molar-refractivity contribution < 1.29 is 35.7 Å². The number of nitrogens with two attached hydrogens (primary N) is 2. The number of aromatic nitrogens is 2. The van der Waals surface area contributed by atoms with Gasteiger partial charge in [0, 0.05) is 11.8 Å². The Morgan fingerprint density at radius 1 is 1.18 bits per heavy atom. The molecule has 1 aromatic heterocycles. The van der Waals surface area contributed by atoms with Gasteiger partial charge in [0.15, 0.2) is 18.0 Å². The minimum atomic E-state index is -4.46. The van der Waals surface area contributed by atoms with E-state index in [0.717, 1.165) is 34.2 Å². The number of anilines is 3. The minimum absolute atomic E-state index is 0.00575. The molecule has 1 fully saturated rings. The molecule has 244 valence electrons. The fraction of sp³-hybridized carbons (Fsp3) is 0.400. The average Bonchev–Trinajstić information content (AvgIpc) is 3.66. The molecule has 15 heteroatoms. The Kier molecular flexibility index (Phi) is 9.18. The molecule has 1 saturated carbocycles. The van der Waals surface area contributed by atoms with Crippen LogP contribution in [0.2, 0.25) is 0 Å². The molecule has 45 heavy (non-hydrogen) atoms. The number of ether oxygens (including phenoxy) is 1. The maximum atomic E-state index is 13.5. The van der Waals surface area contributed by atoms with Crippen LogP contribution in [-0.2, 0) is 22.0 Å². The number of benzene rings is 2. The molecule has 3 aromatic rings. The van der Waals surface area contributed by atoms with Crippen molar-refractivity contribution in [2.24, 2.45) is 11.6 Å². The lowest BCUT2D eigenvalue weighted by Crippen LogP contribution is -2.46. The van der Waals surface area contributed by atoms with Crippen LogP contribution in [0.15, 0.2) is 42.7 Å². The van der Waals surface area contributed by atoms with Crippen LogP contribution in [-0.4, -0.2) is 38.9 Å². The number of methoxy groups -OCH3 is 1. The Labute approximate surface area is 260 Å². The lowest BCUT2D eigenvalue weighted by molar-refractivity contribution is -0.726. The van der Waals surface area contributed by atoms with Crippen molar-refractivity contribution in [3.05, 3.63) is 70.9 Å². The van der Waals surface area contributed by atoms with E-state index in [1.165, 1.54) is 25.6 Å². The van der Waals surface area contributed by atoms with E-state index in [1.54, 1.807) is 31.2 Å². The number of imidazole rings is 1. The number of nitrogens with one attached hydrogen (secondary N) is 3. The zero-order valence-corrected chi connectivity index (χ0v) is 26.8. The highest BCUT2D eigenvalue weighted by molar-refractivity contribution is 7.92. The second-order valence-corrected chi connectivity index (χ2v) is 14.0. The van der Waals surface area contributed by atoms with Gasteiger partial charge >= 0.3 is 6.18 Å². The fourth-order valence-corrected chi connectivity index (χ4v) is 5.42. The predicted molar refractivity (Wildman–Crippen MR) is 167 cm³/mol. The molecule has 7 N–H and O–H groups in total. The number of sulfonamides is 1. The van der Waals surface area contributed by atoms with E-state index in [4.69, 9.17) is 16.3 Å². The molecule has 0 unspecified atom stereocenters. The summed E-state index contributed by atoms with van der Waals surface area (Å²) in [4.78, 5) is 16.4. The summed E-state index contributed by atoms with van der Waals surface area (Å²) >= 11 is 0. The van der Waals surface area contributed by atoms with Crippen LogP contribution in [0.1, 0.15) is 72.5 Å². The molecule has 1 heterocycles. The molecule has 0 bridgehead atoms. The van der Waals surface area contributed by atoms with Crippen LogP contribution in [0.5, 0.6) is 5.75 Å². The van der Waals surface area contributed by atoms with Gasteiger partial charge in [-0.25, -0.2) is 23.8 Å². The van der Waals surface area contributed by atoms with Gasteiger partial charge in [-0.1, -0.05) is 26.8 Å². The molecular weight excluding hydrogens is 611 g/mol. The van der Waals surface area contributed by atoms with Crippen LogP contribution in [0.3, 0.4) is 0 Å². The second kappa shape index (κ2) is 12.3. The van der Waals surface area contributed by atoms with Gasteiger partial charge in [0.1, 0.15) is 11.9 Å². The largest absolute Gasteiger partial charge is 0.492 e. The molecule has 4 rings (SSSR count). The summed E-state index contributed by atoms with van der Waals surface area (Å²) in [6.45, 7) is 6.38. The number of H-pyrrole nitrogens is 1. The van der Waals surface area contributed by atoms with Crippen molar-refractivity contribution in [1.82, 2.24) is 4.98 Å². The molecule has 2 aromatic carbocycles. The molecule has 1 aliphatic carbocycles. The van der Waals surface area contributed by atoms with Crippen molar-refractivity contribution in [2.45, 2.75) is 64.6 Å². The predicted octanol–water partition coefficient (Wildman–Crippen LogP) is 4.62. The van der Waals surface area contributed by atoms with Crippen molar-refractivity contribution in [3.8, 4) is 5.75 Å². The number of carbonyl (C=O) groups is 1. The zero-order chi connectivity index (χ0) is 33.5. The molecule has 1 amide bonds. The van der Waals surface area contributed by atoms with Crippen LogP contribution in [0, 0.1) is 6.92 Å². The summed E-state index contributed by atoms with van der Waals surface area (Å²) in [7, 11) is -2.31. The third kappa shape index (κ3) is 8.28. The molecule has 0 spiro atoms. The third-order valence-electron chi connectivity index (χ3n) is 7.27. The van der Waals surface area contributed by atoms with Gasteiger partial charge in [0.2, 0.25) is 10.0 Å². The van der Waals surface area contributed by atoms with Crippen molar-refractivity contribution in [2.75, 3.05) is 28.4 Å². The Bertz CT molecular complexity index is 1740. The van der Waals surface area contributed by atoms with Crippen molar-refractivity contribution >= 4 is 38.7 Å². The van der Waals surface area contributed by atoms with Gasteiger partial charge in [-0.05, 0) is 60.6 Å². The number of alkyl halides is 3. The molecule has 0 radical (unpaired) electrons. The van der Waals surface area contributed by atoms with Gasteiger partial charge in [-0.15, -0.1) is 0 Å². The molecular formula is C30H39F3N7O4S+. The Morgan fingerprint density at radius 2 is 1.82 bits per heavy atom. The SMILES string of the molecule is COc1c(NC(=O)c2ccc(C)c(N(N)/C=C(\N)c3c[nH]c(C4CC4)[n+]3CC(F)(F)F)c2)cc(C(C)(C)C)cc1NS(C)(=O)=O. The molecule has 0 atom stereocenters. The number of carbonyl (C=O) groups excluding carboxylic acids is 1. The van der Waals surface area contributed by atoms with Crippen molar-refractivity contribution in [1.29, 1.82) is 0 Å². The van der Waals surface area contributed by atoms with E-state index in [2.05, 4.69) is 15.0 Å². The second-order valence-electron chi connectivity index (χ2n) is 12.2. The monoisotopic (exact) mass is 650 g/mol. The number of hydrazine groups is 1.